The highest BCUT2D eigenvalue weighted by Crippen LogP contribution is 2.11. The van der Waals surface area contributed by atoms with Gasteiger partial charge in [-0.1, -0.05) is 29.8 Å². The van der Waals surface area contributed by atoms with Crippen LogP contribution in [0.25, 0.3) is 0 Å². The van der Waals surface area contributed by atoms with Crippen molar-refractivity contribution in [3.8, 4) is 0 Å². The van der Waals surface area contributed by atoms with Gasteiger partial charge in [0.2, 0.25) is 0 Å². The third kappa shape index (κ3) is 5.81. The van der Waals surface area contributed by atoms with Crippen molar-refractivity contribution in [1.29, 1.82) is 0 Å². The highest BCUT2D eigenvalue weighted by atomic mass is 35.5. The SMILES string of the molecule is COCCCNC(=O)C(=O)N/N=C/c1ccccc1Cl. The monoisotopic (exact) mass is 297 g/mol. The predicted octanol–water partition coefficient (Wildman–Crippen LogP) is 0.943. The lowest BCUT2D eigenvalue weighted by molar-refractivity contribution is -0.139. The van der Waals surface area contributed by atoms with Gasteiger partial charge in [0.25, 0.3) is 0 Å². The van der Waals surface area contributed by atoms with Gasteiger partial charge in [-0.05, 0) is 12.5 Å². The maximum Gasteiger partial charge on any atom is 0.329 e. The van der Waals surface area contributed by atoms with Crippen LogP contribution < -0.4 is 10.7 Å². The molecular formula is C13H16ClN3O3. The maximum atomic E-state index is 11.4. The molecule has 0 atom stereocenters. The van der Waals surface area contributed by atoms with E-state index in [1.165, 1.54) is 6.21 Å². The van der Waals surface area contributed by atoms with Gasteiger partial charge in [-0.2, -0.15) is 5.10 Å². The Labute approximate surface area is 122 Å². The van der Waals surface area contributed by atoms with E-state index in [1.807, 2.05) is 0 Å². The van der Waals surface area contributed by atoms with Crippen molar-refractivity contribution in [3.63, 3.8) is 0 Å². The molecule has 0 fully saturated rings. The van der Waals surface area contributed by atoms with Crippen molar-refractivity contribution in [2.24, 2.45) is 5.10 Å². The van der Waals surface area contributed by atoms with Crippen LogP contribution in [0.2, 0.25) is 5.02 Å². The van der Waals surface area contributed by atoms with E-state index in [-0.39, 0.29) is 0 Å². The van der Waals surface area contributed by atoms with Gasteiger partial charge in [-0.3, -0.25) is 9.59 Å². The van der Waals surface area contributed by atoms with Crippen molar-refractivity contribution >= 4 is 29.6 Å². The van der Waals surface area contributed by atoms with E-state index in [2.05, 4.69) is 15.8 Å². The first kappa shape index (κ1) is 16.1. The quantitative estimate of drug-likeness (QED) is 0.355. The molecule has 2 N–H and O–H groups in total. The summed E-state index contributed by atoms with van der Waals surface area (Å²) >= 11 is 5.91. The lowest BCUT2D eigenvalue weighted by Gasteiger charge is -2.03. The Morgan fingerprint density at radius 2 is 2.10 bits per heavy atom. The van der Waals surface area contributed by atoms with Crippen LogP contribution in [-0.4, -0.2) is 38.3 Å². The molecule has 1 aromatic carbocycles. The predicted molar refractivity (Wildman–Crippen MR) is 76.7 cm³/mol. The summed E-state index contributed by atoms with van der Waals surface area (Å²) in [4.78, 5) is 22.7. The number of nitrogens with one attached hydrogen (secondary N) is 2. The summed E-state index contributed by atoms with van der Waals surface area (Å²) < 4.78 is 4.82. The minimum absolute atomic E-state index is 0.369. The topological polar surface area (TPSA) is 79.8 Å². The second-order valence-corrected chi connectivity index (χ2v) is 4.23. The highest BCUT2D eigenvalue weighted by molar-refractivity contribution is 6.35. The van der Waals surface area contributed by atoms with Gasteiger partial charge in [0.1, 0.15) is 0 Å². The van der Waals surface area contributed by atoms with Crippen LogP contribution in [0.5, 0.6) is 0 Å². The minimum Gasteiger partial charge on any atom is -0.385 e. The number of nitrogens with zero attached hydrogens (tertiary/aromatic N) is 1. The summed E-state index contributed by atoms with van der Waals surface area (Å²) in [6.07, 6.45) is 2.01. The highest BCUT2D eigenvalue weighted by Gasteiger charge is 2.11. The van der Waals surface area contributed by atoms with Crippen LogP contribution in [0.4, 0.5) is 0 Å². The zero-order valence-corrected chi connectivity index (χ0v) is 11.8. The molecule has 0 aromatic heterocycles. The molecular weight excluding hydrogens is 282 g/mol. The van der Waals surface area contributed by atoms with E-state index >= 15 is 0 Å². The lowest BCUT2D eigenvalue weighted by Crippen LogP contribution is -2.38. The third-order valence-corrected chi connectivity index (χ3v) is 2.64. The largest absolute Gasteiger partial charge is 0.385 e. The molecule has 0 saturated heterocycles. The van der Waals surface area contributed by atoms with Gasteiger partial charge in [-0.25, -0.2) is 5.43 Å². The van der Waals surface area contributed by atoms with Gasteiger partial charge in [0, 0.05) is 30.8 Å². The summed E-state index contributed by atoms with van der Waals surface area (Å²) in [6.45, 7) is 0.890. The van der Waals surface area contributed by atoms with Crippen LogP contribution in [0.3, 0.4) is 0 Å². The number of rotatable bonds is 6. The molecule has 0 aliphatic carbocycles. The van der Waals surface area contributed by atoms with Gasteiger partial charge >= 0.3 is 11.8 Å². The van der Waals surface area contributed by atoms with Crippen LogP contribution >= 0.6 is 11.6 Å². The molecule has 108 valence electrons. The molecule has 0 bridgehead atoms. The molecule has 0 unspecified atom stereocenters. The summed E-state index contributed by atoms with van der Waals surface area (Å²) in [7, 11) is 1.57. The second kappa shape index (κ2) is 9.06. The Bertz CT molecular complexity index is 492. The van der Waals surface area contributed by atoms with Crippen LogP contribution in [0, 0.1) is 0 Å². The fraction of sp³-hybridized carbons (Fsp3) is 0.308. The number of hydrogen-bond acceptors (Lipinski definition) is 4. The maximum absolute atomic E-state index is 11.4. The molecule has 0 radical (unpaired) electrons. The smallest absolute Gasteiger partial charge is 0.329 e. The molecule has 1 rings (SSSR count). The van der Waals surface area contributed by atoms with Crippen molar-refractivity contribution < 1.29 is 14.3 Å². The first-order valence-electron chi connectivity index (χ1n) is 6.00. The molecule has 2 amide bonds. The van der Waals surface area contributed by atoms with Crippen LogP contribution in [0.1, 0.15) is 12.0 Å². The zero-order chi connectivity index (χ0) is 14.8. The standard InChI is InChI=1S/C13H16ClN3O3/c1-20-8-4-7-15-12(18)13(19)17-16-9-10-5-2-3-6-11(10)14/h2-3,5-6,9H,4,7-8H2,1H3,(H,15,18)(H,17,19)/b16-9+. The number of carbonyl (C=O) groups is 2. The van der Waals surface area contributed by atoms with Crippen molar-refractivity contribution in [2.45, 2.75) is 6.42 Å². The number of benzene rings is 1. The van der Waals surface area contributed by atoms with Crippen molar-refractivity contribution in [1.82, 2.24) is 10.7 Å². The fourth-order valence-corrected chi connectivity index (χ4v) is 1.47. The normalized spacial score (nSPS) is 10.5. The Hall–Kier alpha value is -1.92. The first-order chi connectivity index (χ1) is 9.65. The summed E-state index contributed by atoms with van der Waals surface area (Å²) in [5.41, 5.74) is 2.78. The molecule has 0 aliphatic rings. The van der Waals surface area contributed by atoms with Gasteiger partial charge < -0.3 is 10.1 Å². The van der Waals surface area contributed by atoms with E-state index < -0.39 is 11.8 Å². The van der Waals surface area contributed by atoms with E-state index in [9.17, 15) is 9.59 Å². The summed E-state index contributed by atoms with van der Waals surface area (Å²) in [5.74, 6) is -1.57. The lowest BCUT2D eigenvalue weighted by atomic mass is 10.2. The summed E-state index contributed by atoms with van der Waals surface area (Å²) in [6, 6.07) is 7.01. The number of carbonyl (C=O) groups excluding carboxylic acids is 2. The van der Waals surface area contributed by atoms with Gasteiger partial charge in [0.15, 0.2) is 0 Å². The Morgan fingerprint density at radius 3 is 2.80 bits per heavy atom. The Kier molecular flexibility index (Phi) is 7.31. The molecule has 7 heteroatoms. The number of hydrazone groups is 1. The average Bonchev–Trinajstić information content (AvgIpc) is 2.45. The Morgan fingerprint density at radius 1 is 1.35 bits per heavy atom. The minimum atomic E-state index is -0.828. The van der Waals surface area contributed by atoms with E-state index in [0.29, 0.717) is 30.2 Å². The van der Waals surface area contributed by atoms with E-state index in [0.717, 1.165) is 0 Å². The Balaban J connectivity index is 2.35. The number of amides is 2. The van der Waals surface area contributed by atoms with E-state index in [1.54, 1.807) is 31.4 Å². The molecule has 20 heavy (non-hydrogen) atoms. The molecule has 6 nitrogen and oxygen atoms in total. The van der Waals surface area contributed by atoms with Crippen molar-refractivity contribution in [2.75, 3.05) is 20.3 Å². The molecule has 0 aliphatic heterocycles. The fourth-order valence-electron chi connectivity index (χ4n) is 1.29. The number of methoxy groups -OCH3 is 1. The molecule has 0 spiro atoms. The first-order valence-corrected chi connectivity index (χ1v) is 6.37. The zero-order valence-electron chi connectivity index (χ0n) is 11.1. The van der Waals surface area contributed by atoms with Gasteiger partial charge in [-0.15, -0.1) is 0 Å². The van der Waals surface area contributed by atoms with Gasteiger partial charge in [0.05, 0.1) is 6.21 Å². The number of ether oxygens (including phenoxy) is 1. The molecule has 0 saturated carbocycles. The van der Waals surface area contributed by atoms with Crippen LogP contribution in [0.15, 0.2) is 29.4 Å². The van der Waals surface area contributed by atoms with Crippen molar-refractivity contribution in [3.05, 3.63) is 34.9 Å². The number of hydrogen-bond donors (Lipinski definition) is 2. The molecule has 1 aromatic rings. The number of halogens is 1. The summed E-state index contributed by atoms with van der Waals surface area (Å²) in [5, 5.41) is 6.63. The second-order valence-electron chi connectivity index (χ2n) is 3.82. The van der Waals surface area contributed by atoms with E-state index in [4.69, 9.17) is 16.3 Å². The average molecular weight is 298 g/mol. The van der Waals surface area contributed by atoms with Crippen LogP contribution in [-0.2, 0) is 14.3 Å². The third-order valence-electron chi connectivity index (χ3n) is 2.29. The molecule has 0 heterocycles.